The predicted octanol–water partition coefficient (Wildman–Crippen LogP) is 0.661. The van der Waals surface area contributed by atoms with Gasteiger partial charge in [-0.2, -0.15) is 15.0 Å². The Labute approximate surface area is 124 Å². The molecule has 1 aromatic heterocycles. The maximum Gasteiger partial charge on any atom is 0.318 e. The van der Waals surface area contributed by atoms with E-state index in [4.69, 9.17) is 0 Å². The molecular formula is C14H23N5O2. The van der Waals surface area contributed by atoms with E-state index >= 15 is 0 Å². The summed E-state index contributed by atoms with van der Waals surface area (Å²) in [7, 11) is 0. The number of aliphatic hydroxyl groups excluding tert-OH is 1. The maximum atomic E-state index is 12.3. The van der Waals surface area contributed by atoms with Gasteiger partial charge in [0.25, 0.3) is 0 Å². The molecule has 0 unspecified atom stereocenters. The standard InChI is InChI=1S/C14H23N5O2/c1-3-19-16-9(2)11(17-19)8-15-14(21)18-7-6-10-4-5-12(20)13(10)18/h10,12-13,20H,3-8H2,1-2H3,(H,15,21)/t10-,12+,13+/m0/s1. The van der Waals surface area contributed by atoms with Crippen LogP contribution in [0.5, 0.6) is 0 Å². The number of carbonyl (C=O) groups excluding carboxylic acids is 1. The Morgan fingerprint density at radius 1 is 1.38 bits per heavy atom. The number of aliphatic hydroxyl groups is 1. The summed E-state index contributed by atoms with van der Waals surface area (Å²) >= 11 is 0. The molecule has 1 saturated carbocycles. The molecule has 3 atom stereocenters. The summed E-state index contributed by atoms with van der Waals surface area (Å²) in [4.78, 5) is 15.8. The van der Waals surface area contributed by atoms with Gasteiger partial charge in [-0.05, 0) is 39.0 Å². The van der Waals surface area contributed by atoms with Crippen molar-refractivity contribution in [3.05, 3.63) is 11.4 Å². The largest absolute Gasteiger partial charge is 0.391 e. The highest BCUT2D eigenvalue weighted by atomic mass is 16.3. The van der Waals surface area contributed by atoms with Gasteiger partial charge in [-0.1, -0.05) is 0 Å². The molecule has 0 bridgehead atoms. The zero-order valence-electron chi connectivity index (χ0n) is 12.6. The zero-order valence-corrected chi connectivity index (χ0v) is 12.6. The molecule has 7 heteroatoms. The highest BCUT2D eigenvalue weighted by Gasteiger charge is 2.45. The number of carbonyl (C=O) groups is 1. The first-order valence-corrected chi connectivity index (χ1v) is 7.73. The van der Waals surface area contributed by atoms with Crippen LogP contribution in [0.3, 0.4) is 0 Å². The fourth-order valence-electron chi connectivity index (χ4n) is 3.54. The van der Waals surface area contributed by atoms with Gasteiger partial charge < -0.3 is 15.3 Å². The molecular weight excluding hydrogens is 270 g/mol. The lowest BCUT2D eigenvalue weighted by Crippen LogP contribution is -2.47. The highest BCUT2D eigenvalue weighted by Crippen LogP contribution is 2.37. The van der Waals surface area contributed by atoms with Crippen LogP contribution >= 0.6 is 0 Å². The van der Waals surface area contributed by atoms with Gasteiger partial charge >= 0.3 is 6.03 Å². The van der Waals surface area contributed by atoms with Crippen molar-refractivity contribution in [2.75, 3.05) is 6.54 Å². The minimum absolute atomic E-state index is 0.00239. The predicted molar refractivity (Wildman–Crippen MR) is 76.5 cm³/mol. The van der Waals surface area contributed by atoms with Gasteiger partial charge in [-0.15, -0.1) is 0 Å². The average molecular weight is 293 g/mol. The molecule has 0 spiro atoms. The molecule has 2 N–H and O–H groups in total. The summed E-state index contributed by atoms with van der Waals surface area (Å²) in [5.74, 6) is 0.466. The van der Waals surface area contributed by atoms with Crippen molar-refractivity contribution in [3.8, 4) is 0 Å². The molecule has 2 fully saturated rings. The number of rotatable bonds is 3. The van der Waals surface area contributed by atoms with Crippen LogP contribution in [0.1, 0.15) is 37.6 Å². The van der Waals surface area contributed by atoms with E-state index in [1.54, 1.807) is 9.70 Å². The van der Waals surface area contributed by atoms with Crippen LogP contribution in [0.4, 0.5) is 4.79 Å². The lowest BCUT2D eigenvalue weighted by atomic mass is 10.0. The van der Waals surface area contributed by atoms with Crippen LogP contribution in [0, 0.1) is 12.8 Å². The Balaban J connectivity index is 1.60. The topological polar surface area (TPSA) is 83.3 Å². The van der Waals surface area contributed by atoms with E-state index in [1.165, 1.54) is 0 Å². The Morgan fingerprint density at radius 3 is 2.90 bits per heavy atom. The molecule has 2 heterocycles. The number of nitrogens with zero attached hydrogens (tertiary/aromatic N) is 4. The third-order valence-corrected chi connectivity index (χ3v) is 4.68. The number of likely N-dealkylation sites (tertiary alicyclic amines) is 1. The molecule has 3 rings (SSSR count). The van der Waals surface area contributed by atoms with Crippen molar-refractivity contribution in [3.63, 3.8) is 0 Å². The smallest absolute Gasteiger partial charge is 0.318 e. The fraction of sp³-hybridized carbons (Fsp3) is 0.786. The molecule has 1 aliphatic heterocycles. The third kappa shape index (κ3) is 2.62. The lowest BCUT2D eigenvalue weighted by molar-refractivity contribution is 0.0965. The van der Waals surface area contributed by atoms with Crippen LogP contribution < -0.4 is 5.32 Å². The molecule has 1 aliphatic carbocycles. The van der Waals surface area contributed by atoms with Crippen molar-refractivity contribution < 1.29 is 9.90 Å². The summed E-state index contributed by atoms with van der Waals surface area (Å²) in [6.07, 6.45) is 2.47. The van der Waals surface area contributed by atoms with E-state index in [-0.39, 0.29) is 18.2 Å². The van der Waals surface area contributed by atoms with Gasteiger partial charge in [0.15, 0.2) is 0 Å². The second kappa shape index (κ2) is 5.63. The van der Waals surface area contributed by atoms with E-state index in [0.717, 1.165) is 43.7 Å². The number of nitrogens with one attached hydrogen (secondary N) is 1. The van der Waals surface area contributed by atoms with Gasteiger partial charge in [0, 0.05) is 6.54 Å². The minimum atomic E-state index is -0.369. The van der Waals surface area contributed by atoms with Crippen molar-refractivity contribution in [1.29, 1.82) is 0 Å². The Bertz CT molecular complexity index is 529. The fourth-order valence-corrected chi connectivity index (χ4v) is 3.54. The molecule has 116 valence electrons. The van der Waals surface area contributed by atoms with E-state index in [2.05, 4.69) is 15.5 Å². The van der Waals surface area contributed by atoms with Gasteiger partial charge in [0.1, 0.15) is 5.69 Å². The SMILES string of the molecule is CCn1nc(C)c(CNC(=O)N2CC[C@@H]3CC[C@@H](O)[C@@H]32)n1. The van der Waals surface area contributed by atoms with Crippen LogP contribution in [0.25, 0.3) is 0 Å². The lowest BCUT2D eigenvalue weighted by Gasteiger charge is -2.26. The monoisotopic (exact) mass is 293 g/mol. The van der Waals surface area contributed by atoms with Gasteiger partial charge in [-0.3, -0.25) is 0 Å². The molecule has 1 aromatic rings. The summed E-state index contributed by atoms with van der Waals surface area (Å²) in [5, 5.41) is 21.5. The first-order chi connectivity index (χ1) is 10.1. The quantitative estimate of drug-likeness (QED) is 0.857. The van der Waals surface area contributed by atoms with Gasteiger partial charge in [-0.25, -0.2) is 4.79 Å². The maximum absolute atomic E-state index is 12.3. The van der Waals surface area contributed by atoms with Crippen molar-refractivity contribution in [2.45, 2.75) is 58.3 Å². The van der Waals surface area contributed by atoms with Gasteiger partial charge in [0.2, 0.25) is 0 Å². The number of fused-ring (bicyclic) bond motifs is 1. The summed E-state index contributed by atoms with van der Waals surface area (Å²) in [5.41, 5.74) is 1.64. The zero-order chi connectivity index (χ0) is 15.0. The number of hydrogen-bond donors (Lipinski definition) is 2. The van der Waals surface area contributed by atoms with Crippen molar-refractivity contribution in [2.24, 2.45) is 5.92 Å². The van der Waals surface area contributed by atoms with Crippen molar-refractivity contribution >= 4 is 6.03 Å². The highest BCUT2D eigenvalue weighted by molar-refractivity contribution is 5.75. The Morgan fingerprint density at radius 2 is 2.19 bits per heavy atom. The van der Waals surface area contributed by atoms with Gasteiger partial charge in [0.05, 0.1) is 30.9 Å². The first-order valence-electron chi connectivity index (χ1n) is 7.73. The van der Waals surface area contributed by atoms with Crippen LogP contribution in [0.2, 0.25) is 0 Å². The van der Waals surface area contributed by atoms with Crippen LogP contribution in [-0.2, 0) is 13.1 Å². The number of amides is 2. The number of aryl methyl sites for hydroxylation is 2. The van der Waals surface area contributed by atoms with Crippen LogP contribution in [0.15, 0.2) is 0 Å². The second-order valence-electron chi connectivity index (χ2n) is 5.96. The van der Waals surface area contributed by atoms with E-state index in [0.29, 0.717) is 12.5 Å². The third-order valence-electron chi connectivity index (χ3n) is 4.68. The molecule has 1 saturated heterocycles. The van der Waals surface area contributed by atoms with Crippen molar-refractivity contribution in [1.82, 2.24) is 25.2 Å². The summed E-state index contributed by atoms with van der Waals surface area (Å²) in [6, 6.07) is -0.105. The molecule has 21 heavy (non-hydrogen) atoms. The van der Waals surface area contributed by atoms with E-state index in [9.17, 15) is 9.90 Å². The van der Waals surface area contributed by atoms with Crippen LogP contribution in [-0.4, -0.2) is 49.7 Å². The molecule has 0 radical (unpaired) electrons. The summed E-state index contributed by atoms with van der Waals surface area (Å²) < 4.78 is 0. The molecule has 2 aliphatic rings. The van der Waals surface area contributed by atoms with E-state index in [1.807, 2.05) is 13.8 Å². The first kappa shape index (κ1) is 14.3. The van der Waals surface area contributed by atoms with E-state index < -0.39 is 0 Å². The summed E-state index contributed by atoms with van der Waals surface area (Å²) in [6.45, 7) is 5.71. The normalized spacial score (nSPS) is 28.0. The second-order valence-corrected chi connectivity index (χ2v) is 5.96. The molecule has 7 nitrogen and oxygen atoms in total. The number of aromatic nitrogens is 3. The Kier molecular flexibility index (Phi) is 3.84. The number of hydrogen-bond acceptors (Lipinski definition) is 4. The number of urea groups is 1. The molecule has 0 aromatic carbocycles. The average Bonchev–Trinajstić information content (AvgIpc) is 3.13. The minimum Gasteiger partial charge on any atom is -0.391 e. The Hall–Kier alpha value is -1.63. The molecule has 2 amide bonds.